The van der Waals surface area contributed by atoms with E-state index in [0.29, 0.717) is 23.6 Å². The van der Waals surface area contributed by atoms with Crippen molar-refractivity contribution in [3.05, 3.63) is 65.7 Å². The van der Waals surface area contributed by atoms with Crippen LogP contribution < -0.4 is 14.8 Å². The number of benzene rings is 2. The molecule has 4 rings (SSSR count). The number of aliphatic carboxylic acids is 1. The number of carbonyl (C=O) groups is 1. The van der Waals surface area contributed by atoms with E-state index in [1.165, 1.54) is 12.7 Å². The monoisotopic (exact) mass is 419 g/mol. The highest BCUT2D eigenvalue weighted by molar-refractivity contribution is 5.81. The number of fused-ring (bicyclic) bond motifs is 1. The Bertz CT molecular complexity index is 1090. The Balaban J connectivity index is 1.55. The fourth-order valence-electron chi connectivity index (χ4n) is 3.53. The number of nitrogens with zero attached hydrogens (tertiary/aromatic N) is 2. The van der Waals surface area contributed by atoms with Crippen LogP contribution in [-0.4, -0.2) is 40.8 Å². The Morgan fingerprint density at radius 2 is 2.00 bits per heavy atom. The number of para-hydroxylation sites is 1. The molecule has 2 aromatic carbocycles. The number of anilines is 1. The predicted octanol–water partition coefficient (Wildman–Crippen LogP) is 3.93. The van der Waals surface area contributed by atoms with Gasteiger partial charge in [0.25, 0.3) is 0 Å². The number of aromatic nitrogens is 2. The van der Waals surface area contributed by atoms with E-state index in [4.69, 9.17) is 9.47 Å². The molecule has 1 aliphatic rings. The van der Waals surface area contributed by atoms with Gasteiger partial charge in [-0.2, -0.15) is 9.97 Å². The van der Waals surface area contributed by atoms with Crippen molar-refractivity contribution in [2.45, 2.75) is 31.8 Å². The van der Waals surface area contributed by atoms with E-state index < -0.39 is 11.4 Å². The van der Waals surface area contributed by atoms with Crippen LogP contribution in [0, 0.1) is 0 Å². The van der Waals surface area contributed by atoms with Crippen molar-refractivity contribution in [2.24, 2.45) is 0 Å². The fraction of sp³-hybridized carbons (Fsp3) is 0.292. The van der Waals surface area contributed by atoms with Gasteiger partial charge in [0.2, 0.25) is 0 Å². The summed E-state index contributed by atoms with van der Waals surface area (Å²) in [7, 11) is 1.52. The Morgan fingerprint density at radius 1 is 1.19 bits per heavy atom. The number of hydrogen-bond donors (Lipinski definition) is 2. The summed E-state index contributed by atoms with van der Waals surface area (Å²) in [5.74, 6) is 0.655. The minimum atomic E-state index is -1.01. The average Bonchev–Trinajstić information content (AvgIpc) is 3.20. The van der Waals surface area contributed by atoms with Gasteiger partial charge in [-0.25, -0.2) is 0 Å². The normalized spacial score (nSPS) is 15.1. The summed E-state index contributed by atoms with van der Waals surface area (Å²) in [5, 5.41) is 12.9. The van der Waals surface area contributed by atoms with Crippen molar-refractivity contribution in [3.8, 4) is 23.0 Å². The molecule has 2 N–H and O–H groups in total. The first-order valence-electron chi connectivity index (χ1n) is 10.1. The number of carboxylic acid groups (broad SMARTS) is 1. The van der Waals surface area contributed by atoms with E-state index in [1.54, 1.807) is 13.8 Å². The SMILES string of the molecule is COc1nc(NCC2Cc3ccccc3O2)cc(-c2cccc(C(C)(C)C(=O)O)c2)n1. The number of rotatable bonds is 7. The molecule has 0 aliphatic carbocycles. The fourth-order valence-corrected chi connectivity index (χ4v) is 3.53. The van der Waals surface area contributed by atoms with Gasteiger partial charge in [0, 0.05) is 18.1 Å². The first-order valence-corrected chi connectivity index (χ1v) is 10.1. The lowest BCUT2D eigenvalue weighted by Gasteiger charge is -2.20. The summed E-state index contributed by atoms with van der Waals surface area (Å²) in [6, 6.07) is 17.5. The van der Waals surface area contributed by atoms with E-state index in [1.807, 2.05) is 48.5 Å². The lowest BCUT2D eigenvalue weighted by molar-refractivity contribution is -0.142. The van der Waals surface area contributed by atoms with Gasteiger partial charge in [0.15, 0.2) is 0 Å². The summed E-state index contributed by atoms with van der Waals surface area (Å²) in [6.45, 7) is 3.95. The van der Waals surface area contributed by atoms with Crippen LogP contribution in [0.25, 0.3) is 11.3 Å². The molecule has 2 heterocycles. The highest BCUT2D eigenvalue weighted by Crippen LogP contribution is 2.30. The second-order valence-corrected chi connectivity index (χ2v) is 8.07. The van der Waals surface area contributed by atoms with Crippen LogP contribution in [0.15, 0.2) is 54.6 Å². The third kappa shape index (κ3) is 4.30. The van der Waals surface area contributed by atoms with Crippen molar-refractivity contribution in [2.75, 3.05) is 19.0 Å². The Morgan fingerprint density at radius 3 is 2.74 bits per heavy atom. The Labute approximate surface area is 181 Å². The molecule has 160 valence electrons. The molecular formula is C24H25N3O4. The zero-order chi connectivity index (χ0) is 22.0. The van der Waals surface area contributed by atoms with E-state index in [-0.39, 0.29) is 12.1 Å². The molecule has 0 spiro atoms. The average molecular weight is 419 g/mol. The zero-order valence-corrected chi connectivity index (χ0v) is 17.8. The summed E-state index contributed by atoms with van der Waals surface area (Å²) in [4.78, 5) is 20.5. The van der Waals surface area contributed by atoms with E-state index in [9.17, 15) is 9.90 Å². The van der Waals surface area contributed by atoms with Crippen molar-refractivity contribution >= 4 is 11.8 Å². The zero-order valence-electron chi connectivity index (χ0n) is 17.8. The Hall–Kier alpha value is -3.61. The second-order valence-electron chi connectivity index (χ2n) is 8.07. The summed E-state index contributed by atoms with van der Waals surface area (Å²) in [5.41, 5.74) is 2.33. The number of hydrogen-bond acceptors (Lipinski definition) is 6. The standard InChI is InChI=1S/C24H25N3O4/c1-24(2,22(28)29)17-9-6-8-15(11-17)19-13-21(27-23(26-19)30-3)25-14-18-12-16-7-4-5-10-20(16)31-18/h4-11,13,18H,12,14H2,1-3H3,(H,28,29)(H,25,26,27). The molecule has 0 radical (unpaired) electrons. The first-order chi connectivity index (χ1) is 14.9. The molecule has 0 fully saturated rings. The molecule has 1 aromatic heterocycles. The summed E-state index contributed by atoms with van der Waals surface area (Å²) in [6.07, 6.45) is 0.853. The molecule has 7 nitrogen and oxygen atoms in total. The van der Waals surface area contributed by atoms with Crippen LogP contribution in [0.2, 0.25) is 0 Å². The summed E-state index contributed by atoms with van der Waals surface area (Å²) < 4.78 is 11.3. The molecule has 1 aliphatic heterocycles. The largest absolute Gasteiger partial charge is 0.488 e. The van der Waals surface area contributed by atoms with E-state index >= 15 is 0 Å². The van der Waals surface area contributed by atoms with Gasteiger partial charge in [-0.3, -0.25) is 4.79 Å². The summed E-state index contributed by atoms with van der Waals surface area (Å²) >= 11 is 0. The highest BCUT2D eigenvalue weighted by Gasteiger charge is 2.29. The van der Waals surface area contributed by atoms with E-state index in [2.05, 4.69) is 21.4 Å². The maximum absolute atomic E-state index is 11.6. The van der Waals surface area contributed by atoms with Gasteiger partial charge >= 0.3 is 12.0 Å². The molecule has 1 unspecified atom stereocenters. The number of ether oxygens (including phenoxy) is 2. The van der Waals surface area contributed by atoms with Crippen molar-refractivity contribution in [1.82, 2.24) is 9.97 Å². The Kier molecular flexibility index (Phi) is 5.50. The molecule has 31 heavy (non-hydrogen) atoms. The number of methoxy groups -OCH3 is 1. The molecule has 0 saturated heterocycles. The molecule has 7 heteroatoms. The lowest BCUT2D eigenvalue weighted by Crippen LogP contribution is -2.28. The number of nitrogens with one attached hydrogen (secondary N) is 1. The minimum Gasteiger partial charge on any atom is -0.488 e. The number of carboxylic acids is 1. The van der Waals surface area contributed by atoms with Crippen LogP contribution in [0.5, 0.6) is 11.8 Å². The smallest absolute Gasteiger partial charge is 0.318 e. The van der Waals surface area contributed by atoms with Gasteiger partial charge < -0.3 is 19.9 Å². The van der Waals surface area contributed by atoms with Crippen molar-refractivity contribution in [3.63, 3.8) is 0 Å². The molecule has 0 amide bonds. The van der Waals surface area contributed by atoms with Gasteiger partial charge in [0.05, 0.1) is 24.8 Å². The molecule has 1 atom stereocenters. The highest BCUT2D eigenvalue weighted by atomic mass is 16.5. The maximum Gasteiger partial charge on any atom is 0.318 e. The van der Waals surface area contributed by atoms with Crippen LogP contribution in [0.3, 0.4) is 0 Å². The van der Waals surface area contributed by atoms with Gasteiger partial charge in [-0.15, -0.1) is 0 Å². The van der Waals surface area contributed by atoms with E-state index in [0.717, 1.165) is 17.7 Å². The molecular weight excluding hydrogens is 394 g/mol. The molecule has 0 bridgehead atoms. The van der Waals surface area contributed by atoms with Crippen LogP contribution in [-0.2, 0) is 16.6 Å². The minimum absolute atomic E-state index is 0.0153. The van der Waals surface area contributed by atoms with Gasteiger partial charge in [-0.05, 0) is 37.1 Å². The molecule has 3 aromatic rings. The predicted molar refractivity (Wildman–Crippen MR) is 118 cm³/mol. The van der Waals surface area contributed by atoms with Crippen molar-refractivity contribution in [1.29, 1.82) is 0 Å². The third-order valence-electron chi connectivity index (χ3n) is 5.53. The lowest BCUT2D eigenvalue weighted by atomic mass is 9.84. The van der Waals surface area contributed by atoms with Gasteiger partial charge in [-0.1, -0.05) is 36.4 Å². The van der Waals surface area contributed by atoms with Gasteiger partial charge in [0.1, 0.15) is 17.7 Å². The molecule has 0 saturated carbocycles. The van der Waals surface area contributed by atoms with Crippen LogP contribution in [0.1, 0.15) is 25.0 Å². The third-order valence-corrected chi connectivity index (χ3v) is 5.53. The van der Waals surface area contributed by atoms with Crippen LogP contribution >= 0.6 is 0 Å². The quantitative estimate of drug-likeness (QED) is 0.599. The second kappa shape index (κ2) is 8.26. The topological polar surface area (TPSA) is 93.6 Å². The first kappa shape index (κ1) is 20.7. The van der Waals surface area contributed by atoms with Crippen molar-refractivity contribution < 1.29 is 19.4 Å². The maximum atomic E-state index is 11.6. The van der Waals surface area contributed by atoms with Crippen LogP contribution in [0.4, 0.5) is 5.82 Å².